The molecular formula is C32H28Cl2FN5O2. The number of halogens is 3. The molecule has 0 bridgehead atoms. The van der Waals surface area contributed by atoms with Gasteiger partial charge in [0.1, 0.15) is 17.2 Å². The third-order valence-electron chi connectivity index (χ3n) is 9.58. The zero-order valence-electron chi connectivity index (χ0n) is 22.8. The Morgan fingerprint density at radius 1 is 1.14 bits per heavy atom. The lowest BCUT2D eigenvalue weighted by Gasteiger charge is -2.40. The predicted molar refractivity (Wildman–Crippen MR) is 161 cm³/mol. The summed E-state index contributed by atoms with van der Waals surface area (Å²) in [6.07, 6.45) is 3.00. The Balaban J connectivity index is 1.40. The number of hydrogen-bond acceptors (Lipinski definition) is 4. The van der Waals surface area contributed by atoms with Crippen LogP contribution in [0.4, 0.5) is 15.8 Å². The lowest BCUT2D eigenvalue weighted by Crippen LogP contribution is -2.53. The van der Waals surface area contributed by atoms with Crippen LogP contribution in [0.15, 0.2) is 54.6 Å². The molecule has 1 aromatic heterocycles. The third-order valence-corrected chi connectivity index (χ3v) is 10.1. The zero-order chi connectivity index (χ0) is 28.9. The van der Waals surface area contributed by atoms with E-state index in [1.54, 1.807) is 24.3 Å². The summed E-state index contributed by atoms with van der Waals surface area (Å²) in [4.78, 5) is 33.8. The van der Waals surface area contributed by atoms with Crippen molar-refractivity contribution in [2.75, 3.05) is 17.2 Å². The van der Waals surface area contributed by atoms with Crippen LogP contribution in [-0.2, 0) is 21.7 Å². The van der Waals surface area contributed by atoms with Crippen molar-refractivity contribution in [3.05, 3.63) is 87.4 Å². The first-order chi connectivity index (χ1) is 20.3. The largest absolute Gasteiger partial charge is 0.328 e. The van der Waals surface area contributed by atoms with Gasteiger partial charge in [0.25, 0.3) is 0 Å². The zero-order valence-corrected chi connectivity index (χ0v) is 24.3. The first-order valence-corrected chi connectivity index (χ1v) is 15.1. The van der Waals surface area contributed by atoms with E-state index in [2.05, 4.69) is 20.1 Å². The second kappa shape index (κ2) is 9.27. The number of likely N-dealkylation sites (tertiary alicyclic amines) is 1. The molecule has 4 aromatic rings. The van der Waals surface area contributed by atoms with E-state index in [-0.39, 0.29) is 28.8 Å². The van der Waals surface area contributed by atoms with E-state index in [9.17, 15) is 9.59 Å². The van der Waals surface area contributed by atoms with E-state index in [4.69, 9.17) is 28.2 Å². The van der Waals surface area contributed by atoms with Gasteiger partial charge in [0.15, 0.2) is 0 Å². The number of carbonyl (C=O) groups is 2. The fourth-order valence-electron chi connectivity index (χ4n) is 7.88. The Hall–Kier alpha value is -3.46. The van der Waals surface area contributed by atoms with Gasteiger partial charge < -0.3 is 15.2 Å². The van der Waals surface area contributed by atoms with E-state index in [0.717, 1.165) is 48.2 Å². The molecule has 8 rings (SSSR count). The van der Waals surface area contributed by atoms with Crippen LogP contribution in [0.5, 0.6) is 0 Å². The number of benzene rings is 3. The number of fused-ring (bicyclic) bond motifs is 7. The van der Waals surface area contributed by atoms with E-state index in [0.29, 0.717) is 34.4 Å². The number of aromatic nitrogens is 2. The Kier molecular flexibility index (Phi) is 5.78. The Labute approximate surface area is 252 Å². The summed E-state index contributed by atoms with van der Waals surface area (Å²) >= 11 is 12.8. The van der Waals surface area contributed by atoms with Crippen LogP contribution < -0.4 is 10.6 Å². The number of carbonyl (C=O) groups excluding carboxylic acids is 2. The third kappa shape index (κ3) is 3.64. The maximum atomic E-state index is 16.2. The predicted octanol–water partition coefficient (Wildman–Crippen LogP) is 6.65. The molecule has 4 atom stereocenters. The summed E-state index contributed by atoms with van der Waals surface area (Å²) in [5.74, 6) is -0.437. The van der Waals surface area contributed by atoms with Gasteiger partial charge in [-0.15, -0.1) is 0 Å². The Bertz CT molecular complexity index is 1820. The topological polar surface area (TPSA) is 79.3 Å². The summed E-state index contributed by atoms with van der Waals surface area (Å²) in [7, 11) is 0. The molecule has 4 heterocycles. The maximum Gasteiger partial charge on any atom is 0.250 e. The van der Waals surface area contributed by atoms with Crippen molar-refractivity contribution in [3.63, 3.8) is 0 Å². The highest BCUT2D eigenvalue weighted by molar-refractivity contribution is 6.31. The van der Waals surface area contributed by atoms with Crippen LogP contribution in [0, 0.1) is 11.7 Å². The van der Waals surface area contributed by atoms with Crippen LogP contribution in [0.3, 0.4) is 0 Å². The summed E-state index contributed by atoms with van der Waals surface area (Å²) in [5.41, 5.74) is 3.07. The first-order valence-electron chi connectivity index (χ1n) is 14.4. The highest BCUT2D eigenvalue weighted by Crippen LogP contribution is 2.64. The molecule has 4 aliphatic rings. The number of nitrogens with zero attached hydrogens (tertiary/aromatic N) is 3. The van der Waals surface area contributed by atoms with Crippen molar-refractivity contribution >= 4 is 57.4 Å². The van der Waals surface area contributed by atoms with Crippen LogP contribution >= 0.6 is 23.2 Å². The van der Waals surface area contributed by atoms with Crippen LogP contribution in [0.2, 0.25) is 10.0 Å². The molecule has 1 saturated carbocycles. The molecule has 7 nitrogen and oxygen atoms in total. The molecule has 2 fully saturated rings. The minimum absolute atomic E-state index is 0.0267. The number of hydrogen-bond donors (Lipinski definition) is 2. The second-order valence-corrected chi connectivity index (χ2v) is 12.9. The van der Waals surface area contributed by atoms with Gasteiger partial charge in [-0.1, -0.05) is 41.4 Å². The number of imidazole rings is 1. The molecule has 2 N–H and O–H groups in total. The average molecular weight is 605 g/mol. The van der Waals surface area contributed by atoms with Crippen LogP contribution in [0.1, 0.15) is 55.0 Å². The monoisotopic (exact) mass is 603 g/mol. The van der Waals surface area contributed by atoms with Crippen LogP contribution in [0.25, 0.3) is 11.0 Å². The molecule has 0 radical (unpaired) electrons. The smallest absolute Gasteiger partial charge is 0.250 e. The quantitative estimate of drug-likeness (QED) is 0.273. The van der Waals surface area contributed by atoms with Gasteiger partial charge in [0.2, 0.25) is 11.8 Å². The van der Waals surface area contributed by atoms with E-state index < -0.39 is 17.3 Å². The number of aryl methyl sites for hydroxylation is 1. The fraction of sp³-hybridized carbons (Fsp3) is 0.344. The molecule has 1 saturated heterocycles. The van der Waals surface area contributed by atoms with Gasteiger partial charge in [-0.2, -0.15) is 0 Å². The van der Waals surface area contributed by atoms with Gasteiger partial charge >= 0.3 is 0 Å². The maximum absolute atomic E-state index is 16.2. The SMILES string of the molecule is CC(=O)Nc1ccc2c(c1)nc1n2CC[C@H]2[C@@H]1[C@H](c1cccc(Cl)c1F)[C@]1(C(=O)Nc3cc(Cl)ccc31)N2CC1CC1. The van der Waals surface area contributed by atoms with Crippen molar-refractivity contribution in [1.82, 2.24) is 14.5 Å². The fourth-order valence-corrected chi connectivity index (χ4v) is 8.23. The van der Waals surface area contributed by atoms with E-state index >= 15 is 4.39 Å². The van der Waals surface area contributed by atoms with E-state index in [1.165, 1.54) is 6.92 Å². The minimum atomic E-state index is -1.17. The summed E-state index contributed by atoms with van der Waals surface area (Å²) in [6.45, 7) is 2.92. The Morgan fingerprint density at radius 2 is 1.98 bits per heavy atom. The molecule has 0 unspecified atom stereocenters. The number of rotatable bonds is 4. The van der Waals surface area contributed by atoms with Crippen molar-refractivity contribution < 1.29 is 14.0 Å². The minimum Gasteiger partial charge on any atom is -0.328 e. The molecule has 2 amide bonds. The normalized spacial score (nSPS) is 26.3. The molecule has 3 aromatic carbocycles. The molecule has 10 heteroatoms. The lowest BCUT2D eigenvalue weighted by atomic mass is 9.70. The highest BCUT2D eigenvalue weighted by Gasteiger charge is 2.69. The number of nitrogens with one attached hydrogen (secondary N) is 2. The van der Waals surface area contributed by atoms with Gasteiger partial charge in [0.05, 0.1) is 16.1 Å². The summed E-state index contributed by atoms with van der Waals surface area (Å²) < 4.78 is 18.4. The first kappa shape index (κ1) is 26.2. The van der Waals surface area contributed by atoms with E-state index in [1.807, 2.05) is 30.3 Å². The Morgan fingerprint density at radius 3 is 2.76 bits per heavy atom. The van der Waals surface area contributed by atoms with Crippen molar-refractivity contribution in [2.45, 2.75) is 56.1 Å². The van der Waals surface area contributed by atoms with Crippen molar-refractivity contribution in [3.8, 4) is 0 Å². The molecule has 42 heavy (non-hydrogen) atoms. The second-order valence-electron chi connectivity index (χ2n) is 12.0. The molecule has 1 aliphatic carbocycles. The van der Waals surface area contributed by atoms with Crippen molar-refractivity contribution in [1.29, 1.82) is 0 Å². The lowest BCUT2D eigenvalue weighted by molar-refractivity contribution is -0.128. The highest BCUT2D eigenvalue weighted by atomic mass is 35.5. The van der Waals surface area contributed by atoms with Gasteiger partial charge in [0, 0.05) is 59.9 Å². The van der Waals surface area contributed by atoms with Crippen LogP contribution in [-0.4, -0.2) is 38.9 Å². The van der Waals surface area contributed by atoms with Gasteiger partial charge in [-0.25, -0.2) is 9.37 Å². The molecular weight excluding hydrogens is 576 g/mol. The number of anilines is 2. The standard InChI is InChI=1S/C32H28Cl2FN5O2/c1-16(41)36-19-8-10-25-24(14-19)37-30-27-26(11-12-39(25)30)40(15-17-5-6-17)32(28(27)20-3-2-4-22(34)29(20)35)21-9-7-18(33)13-23(21)38-31(32)42/h2-4,7-10,13-14,17,26-28H,5-6,11-12,15H2,1H3,(H,36,41)(H,38,42)/t26-,27+,28-,32+/m0/s1. The molecule has 3 aliphatic heterocycles. The molecule has 214 valence electrons. The number of amides is 2. The molecule has 1 spiro atoms. The average Bonchev–Trinajstić information content (AvgIpc) is 3.54. The summed E-state index contributed by atoms with van der Waals surface area (Å²) in [5, 5.41) is 6.52. The van der Waals surface area contributed by atoms with Crippen molar-refractivity contribution in [2.24, 2.45) is 5.92 Å². The van der Waals surface area contributed by atoms with Gasteiger partial charge in [-0.3, -0.25) is 14.5 Å². The van der Waals surface area contributed by atoms with Gasteiger partial charge in [-0.05, 0) is 67.1 Å². The summed E-state index contributed by atoms with van der Waals surface area (Å²) in [6, 6.07) is 16.2.